The normalized spacial score (nSPS) is 14.4. The van der Waals surface area contributed by atoms with Crippen LogP contribution in [0.1, 0.15) is 53.9 Å². The number of benzene rings is 3. The second-order valence-corrected chi connectivity index (χ2v) is 8.61. The van der Waals surface area contributed by atoms with Crippen molar-refractivity contribution in [1.82, 2.24) is 9.55 Å². The molecule has 32 heavy (non-hydrogen) atoms. The first-order chi connectivity index (χ1) is 15.7. The standard InChI is InChI=1S/C29H27N3/c1-3-8-28-31-26-11-6-7-12-27(26)32(28)19-21-13-16-25-23(17-21)15-14-22-9-4-5-10-24(22)29(25)20(2)18-30/h4-7,9-13,16-17H,3,8,14-15,19H2,1-2H3. The summed E-state index contributed by atoms with van der Waals surface area (Å²) in [7, 11) is 0. The topological polar surface area (TPSA) is 41.6 Å². The predicted molar refractivity (Wildman–Crippen MR) is 130 cm³/mol. The van der Waals surface area contributed by atoms with Gasteiger partial charge in [0.25, 0.3) is 0 Å². The van der Waals surface area contributed by atoms with E-state index in [1.807, 2.05) is 6.92 Å². The number of aromatic nitrogens is 2. The van der Waals surface area contributed by atoms with Gasteiger partial charge in [0, 0.05) is 24.1 Å². The first-order valence-electron chi connectivity index (χ1n) is 11.4. The minimum atomic E-state index is 0.777. The second-order valence-electron chi connectivity index (χ2n) is 8.61. The third-order valence-corrected chi connectivity index (χ3v) is 6.48. The van der Waals surface area contributed by atoms with Gasteiger partial charge < -0.3 is 4.57 Å². The van der Waals surface area contributed by atoms with Gasteiger partial charge in [-0.1, -0.05) is 61.5 Å². The molecule has 0 saturated heterocycles. The van der Waals surface area contributed by atoms with E-state index in [4.69, 9.17) is 4.98 Å². The molecule has 5 rings (SSSR count). The van der Waals surface area contributed by atoms with E-state index in [-0.39, 0.29) is 0 Å². The molecule has 0 aliphatic heterocycles. The summed E-state index contributed by atoms with van der Waals surface area (Å²) in [4.78, 5) is 4.89. The quantitative estimate of drug-likeness (QED) is 0.357. The van der Waals surface area contributed by atoms with Crippen molar-refractivity contribution >= 4 is 16.6 Å². The average molecular weight is 418 g/mol. The van der Waals surface area contributed by atoms with Crippen molar-refractivity contribution in [2.24, 2.45) is 0 Å². The molecule has 0 unspecified atom stereocenters. The Morgan fingerprint density at radius 2 is 1.72 bits per heavy atom. The Hall–Kier alpha value is -3.64. The summed E-state index contributed by atoms with van der Waals surface area (Å²) < 4.78 is 2.36. The molecule has 1 aliphatic rings. The van der Waals surface area contributed by atoms with Gasteiger partial charge in [-0.2, -0.15) is 5.26 Å². The largest absolute Gasteiger partial charge is 0.323 e. The Labute approximate surface area is 189 Å². The number of rotatable bonds is 4. The summed E-state index contributed by atoms with van der Waals surface area (Å²) >= 11 is 0. The summed E-state index contributed by atoms with van der Waals surface area (Å²) in [5.74, 6) is 1.15. The molecular formula is C29H27N3. The number of nitrogens with zero attached hydrogens (tertiary/aromatic N) is 3. The van der Waals surface area contributed by atoms with Crippen LogP contribution in [0.5, 0.6) is 0 Å². The maximum atomic E-state index is 9.72. The molecule has 3 heteroatoms. The zero-order valence-corrected chi connectivity index (χ0v) is 18.7. The lowest BCUT2D eigenvalue weighted by Gasteiger charge is -2.15. The van der Waals surface area contributed by atoms with Crippen LogP contribution >= 0.6 is 0 Å². The molecule has 0 fully saturated rings. The van der Waals surface area contributed by atoms with Crippen LogP contribution < -0.4 is 0 Å². The van der Waals surface area contributed by atoms with E-state index in [1.165, 1.54) is 33.3 Å². The van der Waals surface area contributed by atoms with Gasteiger partial charge in [-0.05, 0) is 66.1 Å². The summed E-state index contributed by atoms with van der Waals surface area (Å²) in [5, 5.41) is 9.72. The number of nitriles is 1. The van der Waals surface area contributed by atoms with Gasteiger partial charge in [-0.3, -0.25) is 0 Å². The van der Waals surface area contributed by atoms with E-state index >= 15 is 0 Å². The fraction of sp³-hybridized carbons (Fsp3) is 0.241. The highest BCUT2D eigenvalue weighted by Gasteiger charge is 2.20. The number of aryl methyl sites for hydroxylation is 3. The van der Waals surface area contributed by atoms with Crippen LogP contribution in [0.25, 0.3) is 16.6 Å². The number of hydrogen-bond donors (Lipinski definition) is 0. The number of hydrogen-bond acceptors (Lipinski definition) is 2. The monoisotopic (exact) mass is 417 g/mol. The molecule has 0 saturated carbocycles. The van der Waals surface area contributed by atoms with Crippen molar-refractivity contribution < 1.29 is 0 Å². The van der Waals surface area contributed by atoms with Crippen molar-refractivity contribution in [2.75, 3.05) is 0 Å². The molecule has 4 aromatic rings. The van der Waals surface area contributed by atoms with Crippen molar-refractivity contribution in [2.45, 2.75) is 46.1 Å². The lowest BCUT2D eigenvalue weighted by atomic mass is 9.90. The van der Waals surface area contributed by atoms with Gasteiger partial charge in [-0.25, -0.2) is 4.98 Å². The van der Waals surface area contributed by atoms with Gasteiger partial charge >= 0.3 is 0 Å². The fourth-order valence-corrected chi connectivity index (χ4v) is 4.95. The van der Waals surface area contributed by atoms with E-state index < -0.39 is 0 Å². The van der Waals surface area contributed by atoms with Crippen molar-refractivity contribution in [3.63, 3.8) is 0 Å². The van der Waals surface area contributed by atoms with Crippen LogP contribution in [0.2, 0.25) is 0 Å². The zero-order chi connectivity index (χ0) is 22.1. The third kappa shape index (κ3) is 3.52. The fourth-order valence-electron chi connectivity index (χ4n) is 4.95. The summed E-state index contributed by atoms with van der Waals surface area (Å²) in [6.07, 6.45) is 4.02. The molecule has 1 heterocycles. The Morgan fingerprint density at radius 1 is 0.969 bits per heavy atom. The van der Waals surface area contributed by atoms with Gasteiger partial charge in [0.15, 0.2) is 0 Å². The van der Waals surface area contributed by atoms with E-state index in [2.05, 4.69) is 84.3 Å². The summed E-state index contributed by atoms with van der Waals surface area (Å²) in [6.45, 7) is 4.95. The van der Waals surface area contributed by atoms with Crippen molar-refractivity contribution in [3.8, 4) is 6.07 Å². The van der Waals surface area contributed by atoms with Crippen LogP contribution in [0.3, 0.4) is 0 Å². The van der Waals surface area contributed by atoms with E-state index in [0.29, 0.717) is 0 Å². The van der Waals surface area contributed by atoms with Crippen molar-refractivity contribution in [3.05, 3.63) is 106 Å². The first-order valence-corrected chi connectivity index (χ1v) is 11.4. The lowest BCUT2D eigenvalue weighted by molar-refractivity contribution is 0.721. The van der Waals surface area contributed by atoms with E-state index in [9.17, 15) is 5.26 Å². The molecule has 3 aromatic carbocycles. The highest BCUT2D eigenvalue weighted by molar-refractivity contribution is 5.87. The molecule has 0 bridgehead atoms. The lowest BCUT2D eigenvalue weighted by Crippen LogP contribution is -2.06. The number of fused-ring (bicyclic) bond motifs is 3. The maximum Gasteiger partial charge on any atom is 0.110 e. The summed E-state index contributed by atoms with van der Waals surface area (Å²) in [5.41, 5.74) is 10.4. The highest BCUT2D eigenvalue weighted by Crippen LogP contribution is 2.36. The molecule has 0 N–H and O–H groups in total. The summed E-state index contributed by atoms with van der Waals surface area (Å²) in [6, 6.07) is 26.1. The molecule has 0 radical (unpaired) electrons. The number of allylic oxidation sites excluding steroid dienone is 1. The Kier molecular flexibility index (Phi) is 5.37. The molecule has 3 nitrogen and oxygen atoms in total. The predicted octanol–water partition coefficient (Wildman–Crippen LogP) is 6.48. The number of imidazole rings is 1. The minimum absolute atomic E-state index is 0.777. The minimum Gasteiger partial charge on any atom is -0.323 e. The molecule has 1 aromatic heterocycles. The second kappa shape index (κ2) is 8.48. The van der Waals surface area contributed by atoms with Crippen LogP contribution in [0.15, 0.2) is 72.3 Å². The smallest absolute Gasteiger partial charge is 0.110 e. The molecular weight excluding hydrogens is 390 g/mol. The molecule has 0 spiro atoms. The molecule has 0 atom stereocenters. The molecule has 158 valence electrons. The van der Waals surface area contributed by atoms with Gasteiger partial charge in [0.2, 0.25) is 0 Å². The SMILES string of the molecule is CCCc1nc2ccccc2n1Cc1ccc2c(c1)CCc1ccccc1C2=C(C)C#N. The molecule has 0 amide bonds. The Bertz CT molecular complexity index is 1380. The van der Waals surface area contributed by atoms with E-state index in [1.54, 1.807) is 0 Å². The van der Waals surface area contributed by atoms with Crippen LogP contribution in [-0.4, -0.2) is 9.55 Å². The van der Waals surface area contributed by atoms with Crippen LogP contribution in [0.4, 0.5) is 0 Å². The van der Waals surface area contributed by atoms with Crippen LogP contribution in [0, 0.1) is 11.3 Å². The Morgan fingerprint density at radius 3 is 2.56 bits per heavy atom. The maximum absolute atomic E-state index is 9.72. The first kappa shape index (κ1) is 20.3. The average Bonchev–Trinajstić information content (AvgIpc) is 3.07. The number of para-hydroxylation sites is 2. The molecule has 1 aliphatic carbocycles. The zero-order valence-electron chi connectivity index (χ0n) is 18.7. The van der Waals surface area contributed by atoms with Gasteiger partial charge in [0.05, 0.1) is 17.1 Å². The Balaban J connectivity index is 1.60. The van der Waals surface area contributed by atoms with E-state index in [0.717, 1.165) is 54.7 Å². The van der Waals surface area contributed by atoms with Crippen LogP contribution in [-0.2, 0) is 25.8 Å². The van der Waals surface area contributed by atoms with Gasteiger partial charge in [0.1, 0.15) is 5.82 Å². The third-order valence-electron chi connectivity index (χ3n) is 6.48. The van der Waals surface area contributed by atoms with Crippen molar-refractivity contribution in [1.29, 1.82) is 5.26 Å². The highest BCUT2D eigenvalue weighted by atomic mass is 15.1. The van der Waals surface area contributed by atoms with Gasteiger partial charge in [-0.15, -0.1) is 0 Å².